The number of nitrogens with two attached hydrogens (primary N) is 2. The van der Waals surface area contributed by atoms with Gasteiger partial charge in [0.1, 0.15) is 11.4 Å². The number of hydrogen-bond acceptors (Lipinski definition) is 8. The Kier molecular flexibility index (Phi) is 6.99. The van der Waals surface area contributed by atoms with Crippen molar-refractivity contribution in [2.75, 3.05) is 34.7 Å². The van der Waals surface area contributed by atoms with E-state index < -0.39 is 15.8 Å². The van der Waals surface area contributed by atoms with Gasteiger partial charge in [0, 0.05) is 66.5 Å². The van der Waals surface area contributed by atoms with Crippen molar-refractivity contribution < 1.29 is 17.6 Å². The van der Waals surface area contributed by atoms with Crippen molar-refractivity contribution in [1.29, 1.82) is 0 Å². The number of benzene rings is 1. The van der Waals surface area contributed by atoms with Crippen molar-refractivity contribution in [1.82, 2.24) is 9.97 Å². The van der Waals surface area contributed by atoms with Gasteiger partial charge >= 0.3 is 0 Å². The lowest BCUT2D eigenvalue weighted by atomic mass is 10.0. The van der Waals surface area contributed by atoms with Gasteiger partial charge in [0.25, 0.3) is 0 Å². The quantitative estimate of drug-likeness (QED) is 0.422. The van der Waals surface area contributed by atoms with Gasteiger partial charge in [-0.3, -0.25) is 14.5 Å². The maximum absolute atomic E-state index is 14.8. The fourth-order valence-electron chi connectivity index (χ4n) is 4.22. The Morgan fingerprint density at radius 2 is 2.09 bits per heavy atom. The number of aromatic nitrogens is 2. The summed E-state index contributed by atoms with van der Waals surface area (Å²) >= 11 is 0. The third kappa shape index (κ3) is 5.92. The van der Waals surface area contributed by atoms with E-state index in [4.69, 9.17) is 11.5 Å². The van der Waals surface area contributed by atoms with Crippen LogP contribution in [0.1, 0.15) is 28.9 Å². The molecule has 184 valence electrons. The lowest BCUT2D eigenvalue weighted by Gasteiger charge is -2.33. The monoisotopic (exact) mass is 498 g/mol. The largest absolute Gasteiger partial charge is 0.397 e. The number of carbonyl (C=O) groups excluding carboxylic acids is 1. The van der Waals surface area contributed by atoms with E-state index in [0.29, 0.717) is 17.7 Å². The number of nitrogens with zero attached hydrogens (tertiary/aromatic N) is 3. The number of halogens is 1. The summed E-state index contributed by atoms with van der Waals surface area (Å²) in [6.07, 6.45) is 6.21. The number of pyridine rings is 2. The molecule has 4 rings (SSSR count). The molecule has 0 aliphatic carbocycles. The van der Waals surface area contributed by atoms with E-state index in [0.717, 1.165) is 37.4 Å². The second kappa shape index (κ2) is 9.96. The normalized spacial score (nSPS) is 16.2. The summed E-state index contributed by atoms with van der Waals surface area (Å²) in [5.41, 5.74) is 14.0. The van der Waals surface area contributed by atoms with Crippen molar-refractivity contribution in [2.24, 2.45) is 5.73 Å². The first kappa shape index (κ1) is 24.6. The highest BCUT2D eigenvalue weighted by molar-refractivity contribution is 7.92. The van der Waals surface area contributed by atoms with E-state index >= 15 is 0 Å². The molecule has 1 aliphatic rings. The summed E-state index contributed by atoms with van der Waals surface area (Å²) in [6, 6.07) is 9.08. The van der Waals surface area contributed by atoms with Crippen LogP contribution in [0.5, 0.6) is 0 Å². The average Bonchev–Trinajstić information content (AvgIpc) is 2.78. The van der Waals surface area contributed by atoms with Gasteiger partial charge in [-0.25, -0.2) is 17.8 Å². The second-order valence-corrected chi connectivity index (χ2v) is 10.4. The average molecular weight is 499 g/mol. The maximum Gasteiger partial charge on any atom is 0.229 e. The van der Waals surface area contributed by atoms with Crippen LogP contribution >= 0.6 is 0 Å². The number of Topliss-reactive ketones (excluding diaryl/α,β-unsaturated/α-hetero) is 1. The molecule has 0 spiro atoms. The van der Waals surface area contributed by atoms with Crippen molar-refractivity contribution in [3.05, 3.63) is 65.9 Å². The molecule has 1 aromatic carbocycles. The number of anilines is 3. The zero-order chi connectivity index (χ0) is 25.2. The van der Waals surface area contributed by atoms with Crippen LogP contribution in [0.25, 0.3) is 11.3 Å². The van der Waals surface area contributed by atoms with Crippen LogP contribution in [0.2, 0.25) is 0 Å². The maximum atomic E-state index is 14.8. The number of nitrogen functional groups attached to an aromatic ring is 1. The lowest BCUT2D eigenvalue weighted by molar-refractivity contribution is 0.0989. The minimum Gasteiger partial charge on any atom is -0.397 e. The summed E-state index contributed by atoms with van der Waals surface area (Å²) in [7, 11) is -3.52. The fourth-order valence-corrected chi connectivity index (χ4v) is 4.78. The van der Waals surface area contributed by atoms with Crippen LogP contribution in [0, 0.1) is 5.82 Å². The zero-order valence-corrected chi connectivity index (χ0v) is 20.1. The number of rotatable bonds is 7. The molecule has 2 aromatic heterocycles. The zero-order valence-electron chi connectivity index (χ0n) is 19.2. The van der Waals surface area contributed by atoms with E-state index in [9.17, 15) is 17.6 Å². The van der Waals surface area contributed by atoms with E-state index in [-0.39, 0.29) is 41.0 Å². The standard InChI is InChI=1S/C24H27FN6O3S/c1-35(33,34)30-18-6-2-4-15(10-18)23-19(25)12-20(27)24(29-23)22(32)11-16-13-28-8-7-21(16)31-9-3-5-17(26)14-31/h2,4,6-8,10,12-13,17,30H,3,5,9,11,14,26-27H2,1H3/t17-/m0/s1. The first-order valence-electron chi connectivity index (χ1n) is 11.1. The summed E-state index contributed by atoms with van der Waals surface area (Å²) < 4.78 is 40.3. The molecule has 1 aliphatic heterocycles. The molecule has 35 heavy (non-hydrogen) atoms. The van der Waals surface area contributed by atoms with Crippen LogP contribution in [0.3, 0.4) is 0 Å². The number of nitrogens with one attached hydrogen (secondary N) is 1. The Hall–Kier alpha value is -3.57. The van der Waals surface area contributed by atoms with Crippen molar-refractivity contribution in [3.8, 4) is 11.3 Å². The summed E-state index contributed by atoms with van der Waals surface area (Å²) in [6.45, 7) is 1.52. The highest BCUT2D eigenvalue weighted by Crippen LogP contribution is 2.29. The molecule has 1 saturated heterocycles. The molecule has 0 saturated carbocycles. The summed E-state index contributed by atoms with van der Waals surface area (Å²) in [5, 5.41) is 0. The Morgan fingerprint density at radius 3 is 2.83 bits per heavy atom. The molecule has 0 bridgehead atoms. The minimum atomic E-state index is -3.52. The number of hydrogen-bond donors (Lipinski definition) is 3. The first-order valence-corrected chi connectivity index (χ1v) is 13.0. The van der Waals surface area contributed by atoms with Gasteiger partial charge in [0.15, 0.2) is 11.6 Å². The lowest BCUT2D eigenvalue weighted by Crippen LogP contribution is -2.43. The molecule has 9 nitrogen and oxygen atoms in total. The molecular formula is C24H27FN6O3S. The van der Waals surface area contributed by atoms with Gasteiger partial charge in [-0.1, -0.05) is 12.1 Å². The minimum absolute atomic E-state index is 0.0210. The highest BCUT2D eigenvalue weighted by atomic mass is 32.2. The molecule has 1 atom stereocenters. The smallest absolute Gasteiger partial charge is 0.229 e. The number of piperidine rings is 1. The van der Waals surface area contributed by atoms with Crippen LogP contribution in [-0.4, -0.2) is 49.6 Å². The van der Waals surface area contributed by atoms with Crippen molar-refractivity contribution in [2.45, 2.75) is 25.3 Å². The molecule has 3 heterocycles. The van der Waals surface area contributed by atoms with E-state index in [1.165, 1.54) is 12.1 Å². The Labute approximate surface area is 203 Å². The molecule has 0 unspecified atom stereocenters. The van der Waals surface area contributed by atoms with Gasteiger partial charge in [-0.2, -0.15) is 0 Å². The van der Waals surface area contributed by atoms with Gasteiger partial charge < -0.3 is 16.4 Å². The van der Waals surface area contributed by atoms with E-state index in [1.54, 1.807) is 24.5 Å². The fraction of sp³-hybridized carbons (Fsp3) is 0.292. The van der Waals surface area contributed by atoms with E-state index in [2.05, 4.69) is 19.6 Å². The predicted molar refractivity (Wildman–Crippen MR) is 134 cm³/mol. The predicted octanol–water partition coefficient (Wildman–Crippen LogP) is 2.59. The van der Waals surface area contributed by atoms with Gasteiger partial charge in [-0.15, -0.1) is 0 Å². The number of ketones is 1. The van der Waals surface area contributed by atoms with Crippen LogP contribution in [-0.2, 0) is 16.4 Å². The Bertz CT molecular complexity index is 1370. The molecule has 3 aromatic rings. The second-order valence-electron chi connectivity index (χ2n) is 8.66. The topological polar surface area (TPSA) is 144 Å². The van der Waals surface area contributed by atoms with Crippen LogP contribution in [0.4, 0.5) is 21.5 Å². The SMILES string of the molecule is CS(=O)(=O)Nc1cccc(-c2nc(C(=O)Cc3cnccc3N3CCC[C@H](N)C3)c(N)cc2F)c1. The van der Waals surface area contributed by atoms with Gasteiger partial charge in [0.2, 0.25) is 10.0 Å². The van der Waals surface area contributed by atoms with Gasteiger partial charge in [-0.05, 0) is 31.0 Å². The molecular weight excluding hydrogens is 471 g/mol. The highest BCUT2D eigenvalue weighted by Gasteiger charge is 2.23. The summed E-state index contributed by atoms with van der Waals surface area (Å²) in [5.74, 6) is -1.11. The van der Waals surface area contributed by atoms with Crippen LogP contribution in [0.15, 0.2) is 48.8 Å². The first-order chi connectivity index (χ1) is 16.6. The Morgan fingerprint density at radius 1 is 1.29 bits per heavy atom. The summed E-state index contributed by atoms with van der Waals surface area (Å²) in [4.78, 5) is 23.8. The van der Waals surface area contributed by atoms with Gasteiger partial charge in [0.05, 0.1) is 11.9 Å². The van der Waals surface area contributed by atoms with Crippen LogP contribution < -0.4 is 21.1 Å². The Balaban J connectivity index is 1.64. The molecule has 5 N–H and O–H groups in total. The number of carbonyl (C=O) groups is 1. The molecule has 11 heteroatoms. The molecule has 0 amide bonds. The third-order valence-corrected chi connectivity index (χ3v) is 6.34. The van der Waals surface area contributed by atoms with Crippen molar-refractivity contribution in [3.63, 3.8) is 0 Å². The molecule has 0 radical (unpaired) electrons. The van der Waals surface area contributed by atoms with Crippen molar-refractivity contribution >= 4 is 32.9 Å². The van der Waals surface area contributed by atoms with E-state index in [1.807, 2.05) is 6.07 Å². The number of sulfonamides is 1. The third-order valence-electron chi connectivity index (χ3n) is 5.74. The molecule has 1 fully saturated rings.